The van der Waals surface area contributed by atoms with E-state index in [0.717, 1.165) is 4.88 Å². The maximum absolute atomic E-state index is 10.1. The van der Waals surface area contributed by atoms with Gasteiger partial charge in [-0.15, -0.1) is 11.3 Å². The van der Waals surface area contributed by atoms with Gasteiger partial charge >= 0.3 is 5.97 Å². The monoisotopic (exact) mass is 202 g/mol. The van der Waals surface area contributed by atoms with Gasteiger partial charge in [-0.1, -0.05) is 17.7 Å². The highest BCUT2D eigenvalue weighted by Crippen LogP contribution is 2.22. The Bertz CT molecular complexity index is 304. The maximum atomic E-state index is 10.1. The lowest BCUT2D eigenvalue weighted by molar-refractivity contribution is -0.135. The van der Waals surface area contributed by atoms with Crippen molar-refractivity contribution in [1.29, 1.82) is 0 Å². The molecule has 0 atom stereocenters. The molecule has 1 rings (SSSR count). The fraction of sp³-hybridized carbons (Fsp3) is 0.125. The van der Waals surface area contributed by atoms with Gasteiger partial charge in [0, 0.05) is 4.88 Å². The number of carboxylic acid groups (broad SMARTS) is 1. The smallest absolute Gasteiger partial charge is 0.307 e. The number of aliphatic carboxylic acids is 1. The summed E-state index contributed by atoms with van der Waals surface area (Å²) in [6.45, 7) is 0. The molecule has 0 aliphatic heterocycles. The minimum atomic E-state index is -0.825. The van der Waals surface area contributed by atoms with Gasteiger partial charge in [0.25, 0.3) is 0 Å². The summed E-state index contributed by atoms with van der Waals surface area (Å²) in [5.74, 6) is -0.825. The molecule has 2 nitrogen and oxygen atoms in total. The number of thiophene rings is 1. The van der Waals surface area contributed by atoms with Gasteiger partial charge in [-0.3, -0.25) is 4.79 Å². The molecule has 0 fully saturated rings. The summed E-state index contributed by atoms with van der Waals surface area (Å²) in [5, 5.41) is 8.32. The zero-order valence-electron chi connectivity index (χ0n) is 6.16. The van der Waals surface area contributed by atoms with Crippen molar-refractivity contribution >= 4 is 35.0 Å². The second kappa shape index (κ2) is 4.28. The molecular weight excluding hydrogens is 196 g/mol. The van der Waals surface area contributed by atoms with E-state index in [1.165, 1.54) is 11.3 Å². The van der Waals surface area contributed by atoms with Crippen LogP contribution in [0.2, 0.25) is 4.34 Å². The molecule has 0 bridgehead atoms. The van der Waals surface area contributed by atoms with Crippen molar-refractivity contribution in [2.75, 3.05) is 0 Å². The SMILES string of the molecule is O=C(O)C/C=C/c1ccc(Cl)s1. The Morgan fingerprint density at radius 1 is 1.67 bits per heavy atom. The van der Waals surface area contributed by atoms with Gasteiger partial charge in [-0.05, 0) is 18.2 Å². The Balaban J connectivity index is 2.52. The Morgan fingerprint density at radius 2 is 2.42 bits per heavy atom. The number of carbonyl (C=O) groups is 1. The zero-order valence-corrected chi connectivity index (χ0v) is 7.73. The molecule has 0 spiro atoms. The molecule has 0 aliphatic rings. The van der Waals surface area contributed by atoms with Crippen LogP contribution in [0.1, 0.15) is 11.3 Å². The minimum Gasteiger partial charge on any atom is -0.481 e. The minimum absolute atomic E-state index is 0.0511. The average molecular weight is 203 g/mol. The normalized spacial score (nSPS) is 10.8. The van der Waals surface area contributed by atoms with E-state index in [1.54, 1.807) is 18.2 Å². The predicted octanol–water partition coefficient (Wildman–Crippen LogP) is 2.89. The lowest BCUT2D eigenvalue weighted by atomic mass is 10.3. The van der Waals surface area contributed by atoms with E-state index >= 15 is 0 Å². The van der Waals surface area contributed by atoms with Crippen LogP contribution in [0.25, 0.3) is 6.08 Å². The molecule has 4 heteroatoms. The van der Waals surface area contributed by atoms with Crippen molar-refractivity contribution in [2.45, 2.75) is 6.42 Å². The third kappa shape index (κ3) is 3.07. The van der Waals surface area contributed by atoms with Gasteiger partial charge in [-0.2, -0.15) is 0 Å². The van der Waals surface area contributed by atoms with Crippen molar-refractivity contribution < 1.29 is 9.90 Å². The Kier molecular flexibility index (Phi) is 3.31. The molecule has 0 unspecified atom stereocenters. The number of hydrogen-bond donors (Lipinski definition) is 1. The number of halogens is 1. The van der Waals surface area contributed by atoms with Crippen molar-refractivity contribution in [3.8, 4) is 0 Å². The number of rotatable bonds is 3. The second-order valence-corrected chi connectivity index (χ2v) is 3.89. The molecule has 0 saturated carbocycles. The average Bonchev–Trinajstić information content (AvgIpc) is 2.35. The zero-order chi connectivity index (χ0) is 8.97. The Labute approximate surface area is 79.1 Å². The molecule has 1 heterocycles. The first-order valence-corrected chi connectivity index (χ1v) is 4.51. The van der Waals surface area contributed by atoms with Crippen LogP contribution in [0.3, 0.4) is 0 Å². The van der Waals surface area contributed by atoms with Gasteiger partial charge in [0.2, 0.25) is 0 Å². The lowest BCUT2D eigenvalue weighted by Crippen LogP contribution is -1.89. The van der Waals surface area contributed by atoms with Gasteiger partial charge in [0.05, 0.1) is 10.8 Å². The Morgan fingerprint density at radius 3 is 2.92 bits per heavy atom. The summed E-state index contributed by atoms with van der Waals surface area (Å²) < 4.78 is 0.713. The molecule has 1 N–H and O–H groups in total. The molecule has 12 heavy (non-hydrogen) atoms. The molecule has 0 aliphatic carbocycles. The van der Waals surface area contributed by atoms with E-state index in [4.69, 9.17) is 16.7 Å². The van der Waals surface area contributed by atoms with Crippen molar-refractivity contribution in [1.82, 2.24) is 0 Å². The van der Waals surface area contributed by atoms with E-state index in [9.17, 15) is 4.79 Å². The second-order valence-electron chi connectivity index (χ2n) is 2.14. The number of hydrogen-bond acceptors (Lipinski definition) is 2. The van der Waals surface area contributed by atoms with Crippen LogP contribution in [0.4, 0.5) is 0 Å². The molecule has 64 valence electrons. The van der Waals surface area contributed by atoms with Crippen molar-refractivity contribution in [2.24, 2.45) is 0 Å². The molecule has 0 aromatic carbocycles. The first kappa shape index (κ1) is 9.29. The fourth-order valence-corrected chi connectivity index (χ4v) is 1.69. The Hall–Kier alpha value is -0.800. The first-order chi connectivity index (χ1) is 5.68. The van der Waals surface area contributed by atoms with Crippen LogP contribution >= 0.6 is 22.9 Å². The van der Waals surface area contributed by atoms with Gasteiger partial charge < -0.3 is 5.11 Å². The largest absolute Gasteiger partial charge is 0.481 e. The van der Waals surface area contributed by atoms with Gasteiger partial charge in [0.1, 0.15) is 0 Å². The maximum Gasteiger partial charge on any atom is 0.307 e. The predicted molar refractivity (Wildman–Crippen MR) is 50.6 cm³/mol. The van der Waals surface area contributed by atoms with Crippen LogP contribution in [0.5, 0.6) is 0 Å². The highest BCUT2D eigenvalue weighted by molar-refractivity contribution is 7.16. The van der Waals surface area contributed by atoms with Crippen molar-refractivity contribution in [3.05, 3.63) is 27.4 Å². The van der Waals surface area contributed by atoms with Gasteiger partial charge in [0.15, 0.2) is 0 Å². The fourth-order valence-electron chi connectivity index (χ4n) is 0.694. The molecular formula is C8H7ClO2S. The van der Waals surface area contributed by atoms with E-state index in [-0.39, 0.29) is 6.42 Å². The van der Waals surface area contributed by atoms with E-state index in [1.807, 2.05) is 6.07 Å². The first-order valence-electron chi connectivity index (χ1n) is 3.32. The summed E-state index contributed by atoms with van der Waals surface area (Å²) in [6, 6.07) is 3.64. The highest BCUT2D eigenvalue weighted by Gasteiger charge is 1.93. The quantitative estimate of drug-likeness (QED) is 0.819. The molecule has 0 amide bonds. The van der Waals surface area contributed by atoms with Gasteiger partial charge in [-0.25, -0.2) is 0 Å². The molecule has 0 radical (unpaired) electrons. The summed E-state index contributed by atoms with van der Waals surface area (Å²) in [4.78, 5) is 11.1. The summed E-state index contributed by atoms with van der Waals surface area (Å²) in [5.41, 5.74) is 0. The molecule has 1 aromatic rings. The van der Waals surface area contributed by atoms with Crippen LogP contribution in [-0.2, 0) is 4.79 Å². The summed E-state index contributed by atoms with van der Waals surface area (Å²) >= 11 is 7.10. The van der Waals surface area contributed by atoms with E-state index in [2.05, 4.69) is 0 Å². The summed E-state index contributed by atoms with van der Waals surface area (Å²) in [6.07, 6.45) is 3.41. The van der Waals surface area contributed by atoms with Crippen LogP contribution < -0.4 is 0 Å². The summed E-state index contributed by atoms with van der Waals surface area (Å²) in [7, 11) is 0. The standard InChI is InChI=1S/C8H7ClO2S/c9-7-5-4-6(12-7)2-1-3-8(10)11/h1-2,4-5H,3H2,(H,10,11)/b2-1+. The number of carboxylic acids is 1. The van der Waals surface area contributed by atoms with Crippen LogP contribution in [0, 0.1) is 0 Å². The molecule has 0 saturated heterocycles. The highest BCUT2D eigenvalue weighted by atomic mass is 35.5. The van der Waals surface area contributed by atoms with Crippen molar-refractivity contribution in [3.63, 3.8) is 0 Å². The lowest BCUT2D eigenvalue weighted by Gasteiger charge is -1.83. The van der Waals surface area contributed by atoms with E-state index < -0.39 is 5.97 Å². The van der Waals surface area contributed by atoms with Crippen LogP contribution in [-0.4, -0.2) is 11.1 Å². The molecule has 1 aromatic heterocycles. The topological polar surface area (TPSA) is 37.3 Å². The van der Waals surface area contributed by atoms with E-state index in [0.29, 0.717) is 4.34 Å². The third-order valence-corrected chi connectivity index (χ3v) is 2.36. The van der Waals surface area contributed by atoms with Crippen LogP contribution in [0.15, 0.2) is 18.2 Å². The third-order valence-electron chi connectivity index (χ3n) is 1.17.